The van der Waals surface area contributed by atoms with Gasteiger partial charge in [0.2, 0.25) is 5.13 Å². The largest absolute Gasteiger partial charge is 0.326 e. The summed E-state index contributed by atoms with van der Waals surface area (Å²) < 4.78 is 1.81. The van der Waals surface area contributed by atoms with Gasteiger partial charge in [0.1, 0.15) is 0 Å². The second-order valence-corrected chi connectivity index (χ2v) is 3.56. The van der Waals surface area contributed by atoms with Crippen molar-refractivity contribution in [1.29, 1.82) is 0 Å². The van der Waals surface area contributed by atoms with Crippen LogP contribution in [0.3, 0.4) is 0 Å². The smallest absolute Gasteiger partial charge is 0.210 e. The molecule has 2 heterocycles. The van der Waals surface area contributed by atoms with E-state index >= 15 is 0 Å². The second-order valence-electron chi connectivity index (χ2n) is 2.69. The van der Waals surface area contributed by atoms with E-state index in [1.807, 2.05) is 17.0 Å². The molecular weight excluding hydrogens is 184 g/mol. The molecule has 0 saturated carbocycles. The van der Waals surface area contributed by atoms with Crippen molar-refractivity contribution in [2.45, 2.75) is 13.5 Å². The van der Waals surface area contributed by atoms with Crippen LogP contribution in [0.4, 0.5) is 0 Å². The number of hydrogen-bond donors (Lipinski definition) is 1. The number of thiazole rings is 1. The summed E-state index contributed by atoms with van der Waals surface area (Å²) >= 11 is 1.56. The molecule has 2 rings (SSSR count). The van der Waals surface area contributed by atoms with E-state index in [0.29, 0.717) is 6.54 Å². The van der Waals surface area contributed by atoms with Gasteiger partial charge in [0.25, 0.3) is 0 Å². The molecule has 0 spiro atoms. The maximum atomic E-state index is 5.55. The molecule has 0 aliphatic heterocycles. The Hall–Kier alpha value is -1.20. The van der Waals surface area contributed by atoms with Gasteiger partial charge in [-0.1, -0.05) is 0 Å². The van der Waals surface area contributed by atoms with Gasteiger partial charge in [0, 0.05) is 29.4 Å². The van der Waals surface area contributed by atoms with Gasteiger partial charge < -0.3 is 5.73 Å². The Bertz CT molecular complexity index is 390. The van der Waals surface area contributed by atoms with E-state index in [0.717, 1.165) is 16.4 Å². The molecule has 0 aliphatic carbocycles. The SMILES string of the molecule is Cc1c(CN)cnn1-c1nccs1. The van der Waals surface area contributed by atoms with Gasteiger partial charge in [-0.2, -0.15) is 5.10 Å². The molecule has 0 bridgehead atoms. The maximum absolute atomic E-state index is 5.55. The summed E-state index contributed by atoms with van der Waals surface area (Å²) in [6.07, 6.45) is 3.56. The van der Waals surface area contributed by atoms with Crippen LogP contribution in [0.2, 0.25) is 0 Å². The molecule has 0 aromatic carbocycles. The minimum absolute atomic E-state index is 0.525. The summed E-state index contributed by atoms with van der Waals surface area (Å²) in [4.78, 5) is 4.17. The summed E-state index contributed by atoms with van der Waals surface area (Å²) in [7, 11) is 0. The van der Waals surface area contributed by atoms with E-state index < -0.39 is 0 Å². The molecule has 4 nitrogen and oxygen atoms in total. The van der Waals surface area contributed by atoms with Crippen molar-refractivity contribution in [1.82, 2.24) is 14.8 Å². The number of nitrogens with two attached hydrogens (primary N) is 1. The average Bonchev–Trinajstić information content (AvgIpc) is 2.72. The first-order valence-corrected chi connectivity index (χ1v) is 4.84. The zero-order valence-electron chi connectivity index (χ0n) is 7.27. The predicted octanol–water partition coefficient (Wildman–Crippen LogP) is 1.10. The Kier molecular flexibility index (Phi) is 2.12. The third-order valence-corrected chi connectivity index (χ3v) is 2.68. The van der Waals surface area contributed by atoms with Crippen molar-refractivity contribution in [2.24, 2.45) is 5.73 Å². The average molecular weight is 194 g/mol. The lowest BCUT2D eigenvalue weighted by Crippen LogP contribution is -2.01. The van der Waals surface area contributed by atoms with E-state index in [4.69, 9.17) is 5.73 Å². The summed E-state index contributed by atoms with van der Waals surface area (Å²) in [6.45, 7) is 2.52. The minimum atomic E-state index is 0.525. The molecule has 0 amide bonds. The van der Waals surface area contributed by atoms with E-state index in [-0.39, 0.29) is 0 Å². The van der Waals surface area contributed by atoms with Crippen molar-refractivity contribution in [2.75, 3.05) is 0 Å². The van der Waals surface area contributed by atoms with Gasteiger partial charge in [-0.05, 0) is 6.92 Å². The van der Waals surface area contributed by atoms with Crippen LogP contribution in [0.25, 0.3) is 5.13 Å². The standard InChI is InChI=1S/C8H10N4S/c1-6-7(4-9)5-11-12(6)8-10-2-3-13-8/h2-3,5H,4,9H2,1H3. The molecule has 0 saturated heterocycles. The second kappa shape index (κ2) is 3.27. The van der Waals surface area contributed by atoms with Crippen LogP contribution in [0, 0.1) is 6.92 Å². The number of rotatable bonds is 2. The molecule has 0 atom stereocenters. The third kappa shape index (κ3) is 1.36. The normalized spacial score (nSPS) is 10.6. The third-order valence-electron chi connectivity index (χ3n) is 1.93. The summed E-state index contributed by atoms with van der Waals surface area (Å²) in [6, 6.07) is 0. The van der Waals surface area contributed by atoms with Crippen LogP contribution in [-0.4, -0.2) is 14.8 Å². The first kappa shape index (κ1) is 8.40. The highest BCUT2D eigenvalue weighted by atomic mass is 32.1. The Morgan fingerprint density at radius 1 is 1.62 bits per heavy atom. The Balaban J connectivity index is 2.48. The Labute approximate surface area is 80.0 Å². The highest BCUT2D eigenvalue weighted by Gasteiger charge is 2.07. The Morgan fingerprint density at radius 2 is 2.46 bits per heavy atom. The molecule has 0 radical (unpaired) electrons. The van der Waals surface area contributed by atoms with Crippen molar-refractivity contribution in [3.63, 3.8) is 0 Å². The first-order valence-electron chi connectivity index (χ1n) is 3.96. The van der Waals surface area contributed by atoms with Gasteiger partial charge in [-0.25, -0.2) is 9.67 Å². The number of aromatic nitrogens is 3. The van der Waals surface area contributed by atoms with Gasteiger partial charge in [-0.15, -0.1) is 11.3 Å². The topological polar surface area (TPSA) is 56.7 Å². The van der Waals surface area contributed by atoms with Gasteiger partial charge >= 0.3 is 0 Å². The van der Waals surface area contributed by atoms with Crippen LogP contribution in [-0.2, 0) is 6.54 Å². The first-order chi connectivity index (χ1) is 6.33. The molecule has 0 fully saturated rings. The van der Waals surface area contributed by atoms with Crippen LogP contribution in [0.5, 0.6) is 0 Å². The number of nitrogens with zero attached hydrogens (tertiary/aromatic N) is 3. The van der Waals surface area contributed by atoms with E-state index in [1.165, 1.54) is 0 Å². The molecule has 2 N–H and O–H groups in total. The highest BCUT2D eigenvalue weighted by Crippen LogP contribution is 2.15. The van der Waals surface area contributed by atoms with Crippen molar-refractivity contribution >= 4 is 11.3 Å². The fourth-order valence-corrected chi connectivity index (χ4v) is 1.81. The lowest BCUT2D eigenvalue weighted by atomic mass is 10.3. The van der Waals surface area contributed by atoms with Crippen LogP contribution in [0.1, 0.15) is 11.3 Å². The van der Waals surface area contributed by atoms with Crippen molar-refractivity contribution in [3.05, 3.63) is 29.0 Å². The maximum Gasteiger partial charge on any atom is 0.210 e. The van der Waals surface area contributed by atoms with Gasteiger partial charge in [0.05, 0.1) is 6.20 Å². The lowest BCUT2D eigenvalue weighted by Gasteiger charge is -1.98. The fourth-order valence-electron chi connectivity index (χ4n) is 1.16. The quantitative estimate of drug-likeness (QED) is 0.778. The predicted molar refractivity (Wildman–Crippen MR) is 51.9 cm³/mol. The summed E-state index contributed by atoms with van der Waals surface area (Å²) in [5.41, 5.74) is 7.68. The van der Waals surface area contributed by atoms with Gasteiger partial charge in [-0.3, -0.25) is 0 Å². The van der Waals surface area contributed by atoms with Gasteiger partial charge in [0.15, 0.2) is 0 Å². The molecule has 2 aromatic rings. The number of hydrogen-bond acceptors (Lipinski definition) is 4. The molecule has 5 heteroatoms. The molecule has 0 unspecified atom stereocenters. The van der Waals surface area contributed by atoms with Crippen molar-refractivity contribution < 1.29 is 0 Å². The molecule has 13 heavy (non-hydrogen) atoms. The monoisotopic (exact) mass is 194 g/mol. The fraction of sp³-hybridized carbons (Fsp3) is 0.250. The molecule has 2 aromatic heterocycles. The molecular formula is C8H10N4S. The van der Waals surface area contributed by atoms with Crippen LogP contribution < -0.4 is 5.73 Å². The van der Waals surface area contributed by atoms with Crippen LogP contribution in [0.15, 0.2) is 17.8 Å². The van der Waals surface area contributed by atoms with Crippen molar-refractivity contribution in [3.8, 4) is 5.13 Å². The summed E-state index contributed by atoms with van der Waals surface area (Å²) in [5.74, 6) is 0. The summed E-state index contributed by atoms with van der Waals surface area (Å²) in [5, 5.41) is 7.03. The van der Waals surface area contributed by atoms with Crippen LogP contribution >= 0.6 is 11.3 Å². The van der Waals surface area contributed by atoms with E-state index in [1.54, 1.807) is 23.7 Å². The lowest BCUT2D eigenvalue weighted by molar-refractivity contribution is 0.834. The van der Waals surface area contributed by atoms with E-state index in [9.17, 15) is 0 Å². The van der Waals surface area contributed by atoms with E-state index in [2.05, 4.69) is 10.1 Å². The zero-order chi connectivity index (χ0) is 9.26. The highest BCUT2D eigenvalue weighted by molar-refractivity contribution is 7.12. The zero-order valence-corrected chi connectivity index (χ0v) is 8.08. The Morgan fingerprint density at radius 3 is 3.00 bits per heavy atom. The molecule has 68 valence electrons. The molecule has 0 aliphatic rings. The minimum Gasteiger partial charge on any atom is -0.326 e.